The first-order valence-corrected chi connectivity index (χ1v) is 10.1. The second-order valence-electron chi connectivity index (χ2n) is 7.50. The SMILES string of the molecule is CCC(CC)c1cc(-c2c(F)cc(Cl)cc2F)cc2c1O[C@H]1CCNC[C@@H]21. The second-order valence-corrected chi connectivity index (χ2v) is 7.93. The number of rotatable bonds is 4. The lowest BCUT2D eigenvalue weighted by Crippen LogP contribution is -2.37. The normalized spacial score (nSPS) is 21.1. The molecule has 5 heteroatoms. The van der Waals surface area contributed by atoms with Gasteiger partial charge in [-0.1, -0.05) is 25.4 Å². The van der Waals surface area contributed by atoms with E-state index in [0.717, 1.165) is 49.2 Å². The lowest BCUT2D eigenvalue weighted by Gasteiger charge is -2.25. The van der Waals surface area contributed by atoms with Gasteiger partial charge in [0.2, 0.25) is 0 Å². The third-order valence-electron chi connectivity index (χ3n) is 5.95. The molecular formula is C22H24ClF2NO. The van der Waals surface area contributed by atoms with E-state index in [1.807, 2.05) is 12.1 Å². The van der Waals surface area contributed by atoms with Crippen molar-refractivity contribution in [2.45, 2.75) is 51.0 Å². The number of fused-ring (bicyclic) bond motifs is 3. The monoisotopic (exact) mass is 391 g/mol. The van der Waals surface area contributed by atoms with Crippen LogP contribution >= 0.6 is 11.6 Å². The molecule has 27 heavy (non-hydrogen) atoms. The largest absolute Gasteiger partial charge is 0.489 e. The van der Waals surface area contributed by atoms with Crippen LogP contribution in [0.25, 0.3) is 11.1 Å². The maximum atomic E-state index is 14.6. The summed E-state index contributed by atoms with van der Waals surface area (Å²) in [6.07, 6.45) is 2.99. The zero-order valence-corrected chi connectivity index (χ0v) is 16.4. The molecule has 0 aromatic heterocycles. The molecule has 0 amide bonds. The van der Waals surface area contributed by atoms with Crippen molar-refractivity contribution in [1.82, 2.24) is 5.32 Å². The van der Waals surface area contributed by atoms with E-state index in [-0.39, 0.29) is 22.6 Å². The highest BCUT2D eigenvalue weighted by Gasteiger charge is 2.38. The van der Waals surface area contributed by atoms with E-state index in [4.69, 9.17) is 16.3 Å². The van der Waals surface area contributed by atoms with Crippen molar-refractivity contribution in [3.05, 3.63) is 52.0 Å². The summed E-state index contributed by atoms with van der Waals surface area (Å²) >= 11 is 5.81. The summed E-state index contributed by atoms with van der Waals surface area (Å²) < 4.78 is 35.6. The van der Waals surface area contributed by atoms with Crippen LogP contribution in [-0.4, -0.2) is 19.2 Å². The van der Waals surface area contributed by atoms with Gasteiger partial charge in [0.05, 0.1) is 5.56 Å². The van der Waals surface area contributed by atoms with Crippen molar-refractivity contribution < 1.29 is 13.5 Å². The maximum absolute atomic E-state index is 14.6. The number of nitrogens with one attached hydrogen (secondary N) is 1. The quantitative estimate of drug-likeness (QED) is 0.687. The van der Waals surface area contributed by atoms with Crippen molar-refractivity contribution in [2.24, 2.45) is 0 Å². The molecule has 0 bridgehead atoms. The molecule has 0 aliphatic carbocycles. The number of hydrogen-bond donors (Lipinski definition) is 1. The Balaban J connectivity index is 1.91. The number of ether oxygens (including phenoxy) is 1. The summed E-state index contributed by atoms with van der Waals surface area (Å²) in [6, 6.07) is 6.17. The Kier molecular flexibility index (Phi) is 5.13. The molecule has 0 radical (unpaired) electrons. The van der Waals surface area contributed by atoms with E-state index in [9.17, 15) is 8.78 Å². The predicted octanol–water partition coefficient (Wildman–Crippen LogP) is 6.03. The third kappa shape index (κ3) is 3.23. The second kappa shape index (κ2) is 7.40. The van der Waals surface area contributed by atoms with Gasteiger partial charge in [-0.15, -0.1) is 0 Å². The lowest BCUT2D eigenvalue weighted by atomic mass is 9.84. The molecule has 144 valence electrons. The summed E-state index contributed by atoms with van der Waals surface area (Å²) in [7, 11) is 0. The molecule has 2 aliphatic rings. The molecule has 1 N–H and O–H groups in total. The summed E-state index contributed by atoms with van der Waals surface area (Å²) in [4.78, 5) is 0. The highest BCUT2D eigenvalue weighted by Crippen LogP contribution is 2.48. The molecule has 2 aliphatic heterocycles. The molecule has 0 spiro atoms. The molecule has 2 heterocycles. The molecule has 2 atom stereocenters. The van der Waals surface area contributed by atoms with Gasteiger partial charge in [-0.3, -0.25) is 0 Å². The van der Waals surface area contributed by atoms with Gasteiger partial charge >= 0.3 is 0 Å². The van der Waals surface area contributed by atoms with E-state index >= 15 is 0 Å². The number of benzene rings is 2. The van der Waals surface area contributed by atoms with Crippen LogP contribution in [0.4, 0.5) is 8.78 Å². The van der Waals surface area contributed by atoms with E-state index in [1.165, 1.54) is 12.1 Å². The molecule has 1 saturated heterocycles. The summed E-state index contributed by atoms with van der Waals surface area (Å²) in [5, 5.41) is 3.48. The van der Waals surface area contributed by atoms with Crippen LogP contribution in [0.1, 0.15) is 56.1 Å². The smallest absolute Gasteiger partial charge is 0.135 e. The average molecular weight is 392 g/mol. The first kappa shape index (κ1) is 18.7. The number of halogens is 3. The van der Waals surface area contributed by atoms with Gasteiger partial charge in [-0.25, -0.2) is 8.78 Å². The summed E-state index contributed by atoms with van der Waals surface area (Å²) in [6.45, 7) is 6.04. The first-order valence-electron chi connectivity index (χ1n) is 9.73. The van der Waals surface area contributed by atoms with Crippen LogP contribution in [0, 0.1) is 11.6 Å². The molecule has 2 aromatic rings. The van der Waals surface area contributed by atoms with Crippen molar-refractivity contribution in [1.29, 1.82) is 0 Å². The number of hydrogen-bond acceptors (Lipinski definition) is 2. The minimum Gasteiger partial charge on any atom is -0.489 e. The van der Waals surface area contributed by atoms with Crippen LogP contribution < -0.4 is 10.1 Å². The average Bonchev–Trinajstić information content (AvgIpc) is 3.01. The van der Waals surface area contributed by atoms with Gasteiger partial charge in [0.1, 0.15) is 23.5 Å². The van der Waals surface area contributed by atoms with Crippen LogP contribution in [-0.2, 0) is 0 Å². The molecule has 0 saturated carbocycles. The van der Waals surface area contributed by atoms with Gasteiger partial charge in [0.15, 0.2) is 0 Å². The Morgan fingerprint density at radius 3 is 2.52 bits per heavy atom. The maximum Gasteiger partial charge on any atom is 0.135 e. The third-order valence-corrected chi connectivity index (χ3v) is 6.17. The van der Waals surface area contributed by atoms with E-state index in [0.29, 0.717) is 11.5 Å². The zero-order valence-electron chi connectivity index (χ0n) is 15.6. The highest BCUT2D eigenvalue weighted by atomic mass is 35.5. The van der Waals surface area contributed by atoms with Crippen LogP contribution in [0.3, 0.4) is 0 Å². The van der Waals surface area contributed by atoms with Gasteiger partial charge in [0.25, 0.3) is 0 Å². The Hall–Kier alpha value is -1.65. The predicted molar refractivity (Wildman–Crippen MR) is 105 cm³/mol. The Labute approximate surface area is 163 Å². The van der Waals surface area contributed by atoms with E-state index in [2.05, 4.69) is 19.2 Å². The molecule has 1 fully saturated rings. The molecule has 2 aromatic carbocycles. The molecule has 4 rings (SSSR count). The topological polar surface area (TPSA) is 21.3 Å². The minimum atomic E-state index is -0.632. The van der Waals surface area contributed by atoms with Crippen molar-refractivity contribution in [2.75, 3.05) is 13.1 Å². The van der Waals surface area contributed by atoms with E-state index < -0.39 is 11.6 Å². The fraction of sp³-hybridized carbons (Fsp3) is 0.455. The first-order chi connectivity index (χ1) is 13.0. The highest BCUT2D eigenvalue weighted by molar-refractivity contribution is 6.30. The molecular weight excluding hydrogens is 368 g/mol. The fourth-order valence-electron chi connectivity index (χ4n) is 4.52. The van der Waals surface area contributed by atoms with Crippen LogP contribution in [0.15, 0.2) is 24.3 Å². The molecule has 2 nitrogen and oxygen atoms in total. The Morgan fingerprint density at radius 2 is 1.85 bits per heavy atom. The van der Waals surface area contributed by atoms with Gasteiger partial charge in [0, 0.05) is 23.0 Å². The van der Waals surface area contributed by atoms with E-state index in [1.54, 1.807) is 0 Å². The Bertz CT molecular complexity index is 843. The van der Waals surface area contributed by atoms with Crippen LogP contribution in [0.5, 0.6) is 5.75 Å². The van der Waals surface area contributed by atoms with Gasteiger partial charge in [-0.05, 0) is 67.1 Å². The van der Waals surface area contributed by atoms with Crippen molar-refractivity contribution >= 4 is 11.6 Å². The Morgan fingerprint density at radius 1 is 1.15 bits per heavy atom. The zero-order chi connectivity index (χ0) is 19.1. The summed E-state index contributed by atoms with van der Waals surface area (Å²) in [5.41, 5.74) is 2.69. The lowest BCUT2D eigenvalue weighted by molar-refractivity contribution is 0.170. The summed E-state index contributed by atoms with van der Waals surface area (Å²) in [5.74, 6) is 0.187. The van der Waals surface area contributed by atoms with Crippen molar-refractivity contribution in [3.63, 3.8) is 0 Å². The van der Waals surface area contributed by atoms with Gasteiger partial charge in [-0.2, -0.15) is 0 Å². The number of piperidine rings is 1. The standard InChI is InChI=1S/C22H24ClF2NO/c1-3-12(4-2)15-7-13(21-18(24)9-14(23)10-19(21)25)8-16-17-11-26-6-5-20(17)27-22(15)16/h7-10,12,17,20,26H,3-6,11H2,1-2H3/t17-,20-/m0/s1. The minimum absolute atomic E-state index is 0.0124. The van der Waals surface area contributed by atoms with Gasteiger partial charge < -0.3 is 10.1 Å². The van der Waals surface area contributed by atoms with Crippen molar-refractivity contribution in [3.8, 4) is 16.9 Å². The fourth-order valence-corrected chi connectivity index (χ4v) is 4.71. The van der Waals surface area contributed by atoms with Crippen LogP contribution in [0.2, 0.25) is 5.02 Å². The molecule has 0 unspecified atom stereocenters.